The average molecular weight is 206 g/mol. The molecule has 2 rings (SSSR count). The molecule has 0 saturated heterocycles. The minimum atomic E-state index is 0.0793. The van der Waals surface area contributed by atoms with Crippen LogP contribution in [0.4, 0.5) is 0 Å². The van der Waals surface area contributed by atoms with Gasteiger partial charge in [0.2, 0.25) is 5.71 Å². The first-order valence-corrected chi connectivity index (χ1v) is 5.27. The molecule has 0 bridgehead atoms. The third-order valence-electron chi connectivity index (χ3n) is 2.06. The van der Waals surface area contributed by atoms with Gasteiger partial charge in [0.25, 0.3) is 0 Å². The van der Waals surface area contributed by atoms with Crippen LogP contribution in [0.25, 0.3) is 11.1 Å². The number of aromatic nitrogens is 2. The number of fused-ring (bicyclic) bond motifs is 1. The van der Waals surface area contributed by atoms with Crippen LogP contribution >= 0.6 is 0 Å². The second kappa shape index (κ2) is 4.43. The Kier molecular flexibility index (Phi) is 3.45. The van der Waals surface area contributed by atoms with E-state index >= 15 is 0 Å². The number of furan rings is 1. The third-order valence-corrected chi connectivity index (χ3v) is 2.06. The number of hydrogen-bond acceptors (Lipinski definition) is 3. The summed E-state index contributed by atoms with van der Waals surface area (Å²) in [4.78, 5) is 8.03. The van der Waals surface area contributed by atoms with Crippen molar-refractivity contribution in [3.63, 3.8) is 0 Å². The Morgan fingerprint density at radius 1 is 1.20 bits per heavy atom. The summed E-state index contributed by atoms with van der Waals surface area (Å²) >= 11 is 0. The molecular weight excluding hydrogens is 188 g/mol. The van der Waals surface area contributed by atoms with E-state index < -0.39 is 0 Å². The lowest BCUT2D eigenvalue weighted by molar-refractivity contribution is 0.553. The van der Waals surface area contributed by atoms with Gasteiger partial charge in [-0.3, -0.25) is 0 Å². The monoisotopic (exact) mass is 206 g/mol. The van der Waals surface area contributed by atoms with Gasteiger partial charge < -0.3 is 4.42 Å². The molecule has 3 heteroatoms. The van der Waals surface area contributed by atoms with E-state index in [1.807, 2.05) is 13.8 Å². The van der Waals surface area contributed by atoms with Gasteiger partial charge in [-0.2, -0.15) is 0 Å². The van der Waals surface area contributed by atoms with Crippen molar-refractivity contribution in [2.45, 2.75) is 40.0 Å². The van der Waals surface area contributed by atoms with Gasteiger partial charge in [-0.15, -0.1) is 0 Å². The van der Waals surface area contributed by atoms with Crippen molar-refractivity contribution < 1.29 is 4.42 Å². The van der Waals surface area contributed by atoms with Crippen LogP contribution in [0.1, 0.15) is 40.2 Å². The van der Waals surface area contributed by atoms with Crippen molar-refractivity contribution in [3.8, 4) is 0 Å². The molecule has 82 valence electrons. The first-order valence-electron chi connectivity index (χ1n) is 5.27. The van der Waals surface area contributed by atoms with Gasteiger partial charge in [-0.25, -0.2) is 9.97 Å². The van der Waals surface area contributed by atoms with Crippen LogP contribution in [0.15, 0.2) is 23.2 Å². The van der Waals surface area contributed by atoms with Crippen LogP contribution in [-0.4, -0.2) is 9.97 Å². The molecule has 0 unspecified atom stereocenters. The molecule has 0 spiro atoms. The second-order valence-corrected chi connectivity index (χ2v) is 4.14. The minimum absolute atomic E-state index is 0.0793. The molecule has 0 aliphatic heterocycles. The molecular formula is C12H18N2O. The number of hydrogen-bond donors (Lipinski definition) is 0. The zero-order chi connectivity index (χ0) is 11.5. The molecule has 0 radical (unpaired) electrons. The standard InChI is InChI=1S/C10H12N2O.C2H6/c1-10(2,3)8-5-13-9-7(8)4-11-6-12-9;1-2/h4-6H,1-3H3;1-2H3. The van der Waals surface area contributed by atoms with Gasteiger partial charge in [-0.1, -0.05) is 34.6 Å². The third kappa shape index (κ3) is 2.35. The van der Waals surface area contributed by atoms with Crippen LogP contribution in [0.5, 0.6) is 0 Å². The highest BCUT2D eigenvalue weighted by molar-refractivity contribution is 5.77. The van der Waals surface area contributed by atoms with Crippen molar-refractivity contribution in [1.82, 2.24) is 9.97 Å². The van der Waals surface area contributed by atoms with Crippen LogP contribution in [0.2, 0.25) is 0 Å². The summed E-state index contributed by atoms with van der Waals surface area (Å²) in [5.41, 5.74) is 1.90. The molecule has 2 heterocycles. The predicted octanol–water partition coefficient (Wildman–Crippen LogP) is 3.55. The highest BCUT2D eigenvalue weighted by Gasteiger charge is 2.19. The molecule has 0 atom stereocenters. The Hall–Kier alpha value is -1.38. The second-order valence-electron chi connectivity index (χ2n) is 4.14. The first kappa shape index (κ1) is 11.7. The fourth-order valence-corrected chi connectivity index (χ4v) is 1.36. The largest absolute Gasteiger partial charge is 0.446 e. The maximum Gasteiger partial charge on any atom is 0.229 e. The van der Waals surface area contributed by atoms with Crippen molar-refractivity contribution >= 4 is 11.1 Å². The van der Waals surface area contributed by atoms with Gasteiger partial charge in [0, 0.05) is 11.8 Å². The first-order chi connectivity index (χ1) is 7.09. The quantitative estimate of drug-likeness (QED) is 0.661. The Balaban J connectivity index is 0.000000531. The van der Waals surface area contributed by atoms with Crippen molar-refractivity contribution in [1.29, 1.82) is 0 Å². The maximum absolute atomic E-state index is 5.32. The van der Waals surface area contributed by atoms with Crippen LogP contribution in [0.3, 0.4) is 0 Å². The molecule has 0 aliphatic carbocycles. The van der Waals surface area contributed by atoms with Gasteiger partial charge in [0.05, 0.1) is 11.6 Å². The molecule has 0 fully saturated rings. The zero-order valence-electron chi connectivity index (χ0n) is 10.0. The summed E-state index contributed by atoms with van der Waals surface area (Å²) in [5, 5.41) is 1.01. The molecule has 0 amide bonds. The number of nitrogens with zero attached hydrogens (tertiary/aromatic N) is 2. The molecule has 0 N–H and O–H groups in total. The fraction of sp³-hybridized carbons (Fsp3) is 0.500. The van der Waals surface area contributed by atoms with Gasteiger partial charge >= 0.3 is 0 Å². The van der Waals surface area contributed by atoms with E-state index in [0.717, 1.165) is 10.9 Å². The lowest BCUT2D eigenvalue weighted by Gasteiger charge is -2.15. The van der Waals surface area contributed by atoms with E-state index in [0.29, 0.717) is 5.71 Å². The Labute approximate surface area is 90.5 Å². The highest BCUT2D eigenvalue weighted by Crippen LogP contribution is 2.29. The summed E-state index contributed by atoms with van der Waals surface area (Å²) < 4.78 is 5.32. The van der Waals surface area contributed by atoms with E-state index in [1.165, 1.54) is 6.33 Å². The molecule has 2 aromatic rings. The van der Waals surface area contributed by atoms with Crippen LogP contribution < -0.4 is 0 Å². The van der Waals surface area contributed by atoms with E-state index in [1.54, 1.807) is 12.5 Å². The van der Waals surface area contributed by atoms with E-state index in [9.17, 15) is 0 Å². The van der Waals surface area contributed by atoms with Crippen molar-refractivity contribution in [2.24, 2.45) is 0 Å². The maximum atomic E-state index is 5.32. The Morgan fingerprint density at radius 2 is 1.87 bits per heavy atom. The molecule has 15 heavy (non-hydrogen) atoms. The molecule has 0 aromatic carbocycles. The molecule has 0 saturated carbocycles. The van der Waals surface area contributed by atoms with Gasteiger partial charge in [0.15, 0.2) is 0 Å². The van der Waals surface area contributed by atoms with Crippen molar-refractivity contribution in [3.05, 3.63) is 24.4 Å². The predicted molar refractivity (Wildman–Crippen MR) is 61.9 cm³/mol. The van der Waals surface area contributed by atoms with Gasteiger partial charge in [0.1, 0.15) is 6.33 Å². The molecule has 2 aromatic heterocycles. The van der Waals surface area contributed by atoms with E-state index in [4.69, 9.17) is 4.42 Å². The minimum Gasteiger partial charge on any atom is -0.446 e. The van der Waals surface area contributed by atoms with Crippen LogP contribution in [-0.2, 0) is 5.41 Å². The fourth-order valence-electron chi connectivity index (χ4n) is 1.36. The lowest BCUT2D eigenvalue weighted by atomic mass is 9.88. The lowest BCUT2D eigenvalue weighted by Crippen LogP contribution is -2.09. The summed E-state index contributed by atoms with van der Waals surface area (Å²) in [5.74, 6) is 0. The van der Waals surface area contributed by atoms with Crippen molar-refractivity contribution in [2.75, 3.05) is 0 Å². The normalized spacial score (nSPS) is 11.0. The van der Waals surface area contributed by atoms with Gasteiger partial charge in [-0.05, 0) is 5.41 Å². The summed E-state index contributed by atoms with van der Waals surface area (Å²) in [7, 11) is 0. The summed E-state index contributed by atoms with van der Waals surface area (Å²) in [6.45, 7) is 10.4. The Morgan fingerprint density at radius 3 is 2.47 bits per heavy atom. The topological polar surface area (TPSA) is 38.9 Å². The highest BCUT2D eigenvalue weighted by atomic mass is 16.3. The summed E-state index contributed by atoms with van der Waals surface area (Å²) in [6.07, 6.45) is 5.06. The number of rotatable bonds is 0. The van der Waals surface area contributed by atoms with Crippen LogP contribution in [0, 0.1) is 0 Å². The molecule has 3 nitrogen and oxygen atoms in total. The SMILES string of the molecule is CC.CC(C)(C)c1coc2ncncc12. The molecule has 0 aliphatic rings. The van der Waals surface area contributed by atoms with E-state index in [-0.39, 0.29) is 5.41 Å². The average Bonchev–Trinajstić information content (AvgIpc) is 2.63. The summed E-state index contributed by atoms with van der Waals surface area (Å²) in [6, 6.07) is 0. The Bertz CT molecular complexity index is 426. The van der Waals surface area contributed by atoms with E-state index in [2.05, 4.69) is 30.7 Å². The zero-order valence-corrected chi connectivity index (χ0v) is 10.0. The smallest absolute Gasteiger partial charge is 0.229 e.